The van der Waals surface area contributed by atoms with Gasteiger partial charge in [-0.25, -0.2) is 9.78 Å². The van der Waals surface area contributed by atoms with Gasteiger partial charge >= 0.3 is 6.03 Å². The number of nitrogens with one attached hydrogen (secondary N) is 4. The Bertz CT molecular complexity index is 1360. The maximum atomic E-state index is 13.1. The summed E-state index contributed by atoms with van der Waals surface area (Å²) in [5.41, 5.74) is 4.72. The van der Waals surface area contributed by atoms with Crippen LogP contribution in [0.1, 0.15) is 44.2 Å². The molecule has 3 heterocycles. The Morgan fingerprint density at radius 1 is 1.08 bits per heavy atom. The van der Waals surface area contributed by atoms with Crippen molar-refractivity contribution in [2.45, 2.75) is 52.0 Å². The molecular formula is C29H34ClN7O2. The summed E-state index contributed by atoms with van der Waals surface area (Å²) in [5, 5.41) is 13.1. The number of fused-ring (bicyclic) bond motifs is 6. The number of hydrogen-bond acceptors (Lipinski definition) is 6. The van der Waals surface area contributed by atoms with Crippen molar-refractivity contribution < 1.29 is 9.59 Å². The molecule has 4 N–H and O–H groups in total. The van der Waals surface area contributed by atoms with Crippen LogP contribution >= 0.6 is 11.6 Å². The van der Waals surface area contributed by atoms with Crippen LogP contribution < -0.4 is 21.3 Å². The van der Waals surface area contributed by atoms with E-state index in [9.17, 15) is 9.59 Å². The van der Waals surface area contributed by atoms with E-state index in [2.05, 4.69) is 43.4 Å². The zero-order valence-electron chi connectivity index (χ0n) is 22.3. The van der Waals surface area contributed by atoms with E-state index in [1.54, 1.807) is 6.20 Å². The Hall–Kier alpha value is -3.85. The summed E-state index contributed by atoms with van der Waals surface area (Å²) in [6.45, 7) is 5.25. The van der Waals surface area contributed by atoms with Gasteiger partial charge in [0, 0.05) is 42.6 Å². The van der Waals surface area contributed by atoms with Gasteiger partial charge in [0.25, 0.3) is 0 Å². The van der Waals surface area contributed by atoms with E-state index in [0.29, 0.717) is 36.3 Å². The second-order valence-corrected chi connectivity index (χ2v) is 10.9. The highest BCUT2D eigenvalue weighted by Crippen LogP contribution is 2.30. The molecule has 2 aromatic carbocycles. The summed E-state index contributed by atoms with van der Waals surface area (Å²) in [6.07, 6.45) is 5.19. The van der Waals surface area contributed by atoms with Crippen molar-refractivity contribution in [1.29, 1.82) is 0 Å². The number of halogens is 1. The first-order valence-corrected chi connectivity index (χ1v) is 13.8. The Morgan fingerprint density at radius 3 is 2.67 bits per heavy atom. The number of rotatable bonds is 4. The summed E-state index contributed by atoms with van der Waals surface area (Å²) in [6, 6.07) is 14.1. The predicted octanol–water partition coefficient (Wildman–Crippen LogP) is 5.87. The molecule has 10 heteroatoms. The van der Waals surface area contributed by atoms with Gasteiger partial charge < -0.3 is 26.2 Å². The van der Waals surface area contributed by atoms with Crippen molar-refractivity contribution in [3.05, 3.63) is 64.8 Å². The van der Waals surface area contributed by atoms with Crippen LogP contribution in [0.2, 0.25) is 5.02 Å². The van der Waals surface area contributed by atoms with Crippen LogP contribution in [0.5, 0.6) is 0 Å². The lowest BCUT2D eigenvalue weighted by molar-refractivity contribution is -0.117. The number of aryl methyl sites for hydroxylation is 2. The van der Waals surface area contributed by atoms with Crippen molar-refractivity contribution in [2.24, 2.45) is 5.92 Å². The van der Waals surface area contributed by atoms with Gasteiger partial charge in [-0.05, 0) is 86.9 Å². The van der Waals surface area contributed by atoms with Crippen LogP contribution in [0, 0.1) is 5.92 Å². The summed E-state index contributed by atoms with van der Waals surface area (Å²) >= 11 is 6.38. The highest BCUT2D eigenvalue weighted by molar-refractivity contribution is 6.32. The second kappa shape index (κ2) is 11.9. The van der Waals surface area contributed by atoms with Crippen molar-refractivity contribution in [2.75, 3.05) is 29.0 Å². The minimum absolute atomic E-state index is 0.00496. The van der Waals surface area contributed by atoms with Crippen LogP contribution in [-0.2, 0) is 17.6 Å². The lowest BCUT2D eigenvalue weighted by Crippen LogP contribution is -2.46. The van der Waals surface area contributed by atoms with Gasteiger partial charge in [0.05, 0.1) is 6.20 Å². The molecule has 1 aromatic heterocycles. The number of urea groups is 1. The van der Waals surface area contributed by atoms with Crippen molar-refractivity contribution in [3.8, 4) is 0 Å². The molecule has 2 aliphatic heterocycles. The third kappa shape index (κ3) is 6.97. The Balaban J connectivity index is 1.29. The van der Waals surface area contributed by atoms with E-state index < -0.39 is 0 Å². The monoisotopic (exact) mass is 547 g/mol. The normalized spacial score (nSPS) is 15.2. The number of anilines is 5. The maximum Gasteiger partial charge on any atom is 0.317 e. The Morgan fingerprint density at radius 2 is 1.87 bits per heavy atom. The average molecular weight is 548 g/mol. The zero-order valence-corrected chi connectivity index (χ0v) is 23.0. The summed E-state index contributed by atoms with van der Waals surface area (Å²) in [7, 11) is 0. The minimum Gasteiger partial charge on any atom is -0.339 e. The Labute approximate surface area is 233 Å². The van der Waals surface area contributed by atoms with E-state index in [0.717, 1.165) is 53.9 Å². The molecular weight excluding hydrogens is 514 g/mol. The maximum absolute atomic E-state index is 13.1. The van der Waals surface area contributed by atoms with E-state index in [-0.39, 0.29) is 23.9 Å². The minimum atomic E-state index is -0.0256. The second-order valence-electron chi connectivity index (χ2n) is 10.5. The standard InChI is InChI=1S/C29H34ClN7O2/c1-18(2)32-29(39)37-12-10-20(11-13-37)15-26(38)35-25-9-8-23-16-21(25)7-6-19-4-3-5-22(14-19)34-28-31-17-24(30)27(33-23)36-28/h3-5,8-9,14,16-18,20H,6-7,10-13,15H2,1-2H3,(H,32,39)(H,35,38)(H2,31,33,34,36). The number of benzene rings is 2. The largest absolute Gasteiger partial charge is 0.339 e. The fourth-order valence-corrected chi connectivity index (χ4v) is 5.14. The number of carbonyl (C=O) groups is 2. The van der Waals surface area contributed by atoms with Gasteiger partial charge in [0.15, 0.2) is 5.82 Å². The number of piperidine rings is 1. The first kappa shape index (κ1) is 26.7. The molecule has 3 amide bonds. The molecule has 0 saturated carbocycles. The first-order chi connectivity index (χ1) is 18.8. The van der Waals surface area contributed by atoms with E-state index in [4.69, 9.17) is 11.6 Å². The molecule has 204 valence electrons. The van der Waals surface area contributed by atoms with Gasteiger partial charge in [0.2, 0.25) is 11.9 Å². The lowest BCUT2D eigenvalue weighted by Gasteiger charge is -2.32. The van der Waals surface area contributed by atoms with E-state index in [1.165, 1.54) is 0 Å². The molecule has 2 aliphatic rings. The number of aromatic nitrogens is 2. The number of amides is 3. The highest BCUT2D eigenvalue weighted by Gasteiger charge is 2.25. The van der Waals surface area contributed by atoms with E-state index >= 15 is 0 Å². The van der Waals surface area contributed by atoms with Crippen molar-refractivity contribution >= 4 is 52.4 Å². The summed E-state index contributed by atoms with van der Waals surface area (Å²) in [5.74, 6) is 1.20. The molecule has 3 aromatic rings. The molecule has 0 unspecified atom stereocenters. The summed E-state index contributed by atoms with van der Waals surface area (Å²) < 4.78 is 0. The average Bonchev–Trinajstić information content (AvgIpc) is 2.91. The molecule has 6 bridgehead atoms. The fourth-order valence-electron chi connectivity index (χ4n) is 5.01. The van der Waals surface area contributed by atoms with Crippen LogP contribution in [-0.4, -0.2) is 45.9 Å². The Kier molecular flexibility index (Phi) is 8.16. The quantitative estimate of drug-likeness (QED) is 0.325. The number of nitrogens with zero attached hydrogens (tertiary/aromatic N) is 3. The number of carbonyl (C=O) groups excluding carboxylic acids is 2. The van der Waals surface area contributed by atoms with Gasteiger partial charge in [-0.1, -0.05) is 23.7 Å². The molecule has 9 nitrogen and oxygen atoms in total. The van der Waals surface area contributed by atoms with Crippen LogP contribution in [0.25, 0.3) is 0 Å². The van der Waals surface area contributed by atoms with E-state index in [1.807, 2.05) is 49.1 Å². The topological polar surface area (TPSA) is 111 Å². The molecule has 0 radical (unpaired) electrons. The van der Waals surface area contributed by atoms with Crippen LogP contribution in [0.15, 0.2) is 48.7 Å². The van der Waals surface area contributed by atoms with Gasteiger partial charge in [0.1, 0.15) is 5.02 Å². The predicted molar refractivity (Wildman–Crippen MR) is 155 cm³/mol. The molecule has 5 rings (SSSR count). The third-order valence-electron chi connectivity index (χ3n) is 7.04. The molecule has 0 aliphatic carbocycles. The molecule has 1 saturated heterocycles. The smallest absolute Gasteiger partial charge is 0.317 e. The van der Waals surface area contributed by atoms with Crippen molar-refractivity contribution in [3.63, 3.8) is 0 Å². The molecule has 1 fully saturated rings. The fraction of sp³-hybridized carbons (Fsp3) is 0.379. The van der Waals surface area contributed by atoms with Gasteiger partial charge in [-0.2, -0.15) is 4.98 Å². The van der Waals surface area contributed by atoms with Crippen LogP contribution in [0.4, 0.5) is 33.6 Å². The van der Waals surface area contributed by atoms with Crippen LogP contribution in [0.3, 0.4) is 0 Å². The zero-order chi connectivity index (χ0) is 27.4. The molecule has 39 heavy (non-hydrogen) atoms. The summed E-state index contributed by atoms with van der Waals surface area (Å²) in [4.78, 5) is 36.0. The number of likely N-dealkylation sites (tertiary alicyclic amines) is 1. The first-order valence-electron chi connectivity index (χ1n) is 13.5. The molecule has 0 spiro atoms. The number of hydrogen-bond donors (Lipinski definition) is 4. The van der Waals surface area contributed by atoms with Crippen molar-refractivity contribution in [1.82, 2.24) is 20.2 Å². The lowest BCUT2D eigenvalue weighted by atomic mass is 9.93. The third-order valence-corrected chi connectivity index (χ3v) is 7.32. The van der Waals surface area contributed by atoms with Gasteiger partial charge in [-0.3, -0.25) is 4.79 Å². The highest BCUT2D eigenvalue weighted by atomic mass is 35.5. The SMILES string of the molecule is CC(C)NC(=O)N1CCC(CC(=O)Nc2ccc3cc2CCc2cccc(c2)Nc2ncc(Cl)c(n2)N3)CC1. The van der Waals surface area contributed by atoms with Gasteiger partial charge in [-0.15, -0.1) is 0 Å². The molecule has 0 atom stereocenters.